The van der Waals surface area contributed by atoms with Crippen LogP contribution in [0.1, 0.15) is 5.56 Å². The molecular weight excluding hydrogens is 313 g/mol. The maximum atomic E-state index is 13.6. The van der Waals surface area contributed by atoms with Gasteiger partial charge in [0, 0.05) is 16.8 Å². The highest BCUT2D eigenvalue weighted by molar-refractivity contribution is 7.77. The Morgan fingerprint density at radius 3 is 1.62 bits per heavy atom. The van der Waals surface area contributed by atoms with E-state index in [9.17, 15) is 4.57 Å². The first-order valence-electron chi connectivity index (χ1n) is 7.78. The number of benzene rings is 3. The SMILES string of the molecule is O=P(N=C/C=C/c1ccccc1)(c1ccccc1)c1ccccc1. The van der Waals surface area contributed by atoms with Crippen molar-refractivity contribution in [1.29, 1.82) is 0 Å². The number of hydrogen-bond donors (Lipinski definition) is 0. The van der Waals surface area contributed by atoms with Gasteiger partial charge in [0.25, 0.3) is 0 Å². The molecule has 0 radical (unpaired) electrons. The Hall–Kier alpha value is -2.70. The van der Waals surface area contributed by atoms with Gasteiger partial charge in [-0.1, -0.05) is 72.8 Å². The molecule has 0 heterocycles. The number of rotatable bonds is 5. The first-order valence-corrected chi connectivity index (χ1v) is 9.43. The van der Waals surface area contributed by atoms with Crippen molar-refractivity contribution in [1.82, 2.24) is 0 Å². The molecule has 0 bridgehead atoms. The van der Waals surface area contributed by atoms with E-state index in [0.29, 0.717) is 0 Å². The van der Waals surface area contributed by atoms with E-state index in [1.807, 2.05) is 103 Å². The van der Waals surface area contributed by atoms with E-state index >= 15 is 0 Å². The lowest BCUT2D eigenvalue weighted by atomic mass is 10.2. The Bertz CT molecular complexity index is 828. The zero-order valence-electron chi connectivity index (χ0n) is 13.2. The number of allylic oxidation sites excluding steroid dienone is 1. The van der Waals surface area contributed by atoms with Crippen LogP contribution in [-0.2, 0) is 4.57 Å². The molecule has 0 N–H and O–H groups in total. The molecule has 24 heavy (non-hydrogen) atoms. The van der Waals surface area contributed by atoms with Crippen LogP contribution in [0, 0.1) is 0 Å². The molecule has 0 unspecified atom stereocenters. The van der Waals surface area contributed by atoms with Crippen molar-refractivity contribution >= 4 is 30.2 Å². The Kier molecular flexibility index (Phi) is 5.20. The smallest absolute Gasteiger partial charge is 0.247 e. The summed E-state index contributed by atoms with van der Waals surface area (Å²) in [7, 11) is -3.03. The van der Waals surface area contributed by atoms with Gasteiger partial charge in [-0.3, -0.25) is 4.57 Å². The van der Waals surface area contributed by atoms with Crippen molar-refractivity contribution in [3.63, 3.8) is 0 Å². The third kappa shape index (κ3) is 3.79. The fourth-order valence-corrected chi connectivity index (χ4v) is 4.38. The van der Waals surface area contributed by atoms with E-state index in [-0.39, 0.29) is 0 Å². The van der Waals surface area contributed by atoms with E-state index in [1.54, 1.807) is 6.21 Å². The molecule has 0 aliphatic heterocycles. The predicted molar refractivity (Wildman–Crippen MR) is 104 cm³/mol. The molecule has 3 aromatic rings. The zero-order chi connectivity index (χ0) is 16.7. The molecule has 118 valence electrons. The fraction of sp³-hybridized carbons (Fsp3) is 0. The molecular formula is C21H18NOP. The quantitative estimate of drug-likeness (QED) is 0.492. The monoisotopic (exact) mass is 331 g/mol. The van der Waals surface area contributed by atoms with Crippen LogP contribution < -0.4 is 10.6 Å². The highest BCUT2D eigenvalue weighted by atomic mass is 31.2. The van der Waals surface area contributed by atoms with Gasteiger partial charge in [0.1, 0.15) is 0 Å². The summed E-state index contributed by atoms with van der Waals surface area (Å²) >= 11 is 0. The minimum atomic E-state index is -3.03. The Labute approximate surface area is 142 Å². The van der Waals surface area contributed by atoms with E-state index in [4.69, 9.17) is 0 Å². The molecule has 0 aromatic heterocycles. The molecule has 0 amide bonds. The van der Waals surface area contributed by atoms with Crippen LogP contribution in [0.5, 0.6) is 0 Å². The molecule has 3 rings (SSSR count). The highest BCUT2D eigenvalue weighted by Gasteiger charge is 2.25. The summed E-state index contributed by atoms with van der Waals surface area (Å²) in [5, 5.41) is 1.47. The van der Waals surface area contributed by atoms with Crippen LogP contribution in [-0.4, -0.2) is 6.21 Å². The van der Waals surface area contributed by atoms with Crippen LogP contribution in [0.15, 0.2) is 102 Å². The average molecular weight is 331 g/mol. The minimum Gasteiger partial charge on any atom is -0.288 e. The third-order valence-corrected chi connectivity index (χ3v) is 6.07. The lowest BCUT2D eigenvalue weighted by molar-refractivity contribution is 0.588. The summed E-state index contributed by atoms with van der Waals surface area (Å²) in [6.07, 6.45) is 5.41. The predicted octanol–water partition coefficient (Wildman–Crippen LogP) is 4.70. The van der Waals surface area contributed by atoms with Crippen LogP contribution in [0.3, 0.4) is 0 Å². The van der Waals surface area contributed by atoms with Crippen LogP contribution in [0.2, 0.25) is 0 Å². The normalized spacial score (nSPS) is 12.0. The number of hydrogen-bond acceptors (Lipinski definition) is 1. The van der Waals surface area contributed by atoms with Crippen molar-refractivity contribution in [2.75, 3.05) is 0 Å². The van der Waals surface area contributed by atoms with Gasteiger partial charge < -0.3 is 0 Å². The molecule has 0 spiro atoms. The summed E-state index contributed by atoms with van der Waals surface area (Å²) < 4.78 is 18.1. The Morgan fingerprint density at radius 2 is 1.12 bits per heavy atom. The second-order valence-electron chi connectivity index (χ2n) is 5.28. The number of nitrogens with zero attached hydrogens (tertiary/aromatic N) is 1. The maximum absolute atomic E-state index is 13.6. The maximum Gasteiger partial charge on any atom is 0.247 e. The third-order valence-electron chi connectivity index (χ3n) is 3.62. The fourth-order valence-electron chi connectivity index (χ4n) is 2.39. The lowest BCUT2D eigenvalue weighted by Crippen LogP contribution is -2.14. The van der Waals surface area contributed by atoms with Gasteiger partial charge >= 0.3 is 0 Å². The first-order chi connectivity index (χ1) is 11.8. The van der Waals surface area contributed by atoms with Crippen molar-refractivity contribution < 1.29 is 4.57 Å². The van der Waals surface area contributed by atoms with Gasteiger partial charge in [0.2, 0.25) is 7.29 Å². The summed E-state index contributed by atoms with van der Waals surface area (Å²) in [5.41, 5.74) is 1.08. The van der Waals surface area contributed by atoms with Gasteiger partial charge in [0.05, 0.1) is 0 Å². The van der Waals surface area contributed by atoms with Crippen molar-refractivity contribution in [2.24, 2.45) is 4.76 Å². The summed E-state index contributed by atoms with van der Waals surface area (Å²) in [6.45, 7) is 0. The van der Waals surface area contributed by atoms with Gasteiger partial charge in [-0.15, -0.1) is 0 Å². The van der Waals surface area contributed by atoms with Crippen LogP contribution >= 0.6 is 7.29 Å². The van der Waals surface area contributed by atoms with E-state index in [0.717, 1.165) is 16.2 Å². The molecule has 0 atom stereocenters. The molecule has 0 saturated carbocycles. The Balaban J connectivity index is 1.93. The van der Waals surface area contributed by atoms with Crippen molar-refractivity contribution in [2.45, 2.75) is 0 Å². The lowest BCUT2D eigenvalue weighted by Gasteiger charge is -2.13. The standard InChI is InChI=1S/C21H18NOP/c23-24(20-14-6-2-7-15-20,21-16-8-3-9-17-21)22-18-10-13-19-11-4-1-5-12-19/h1-18H/b13-10+,22-18?. The van der Waals surface area contributed by atoms with Crippen LogP contribution in [0.4, 0.5) is 0 Å². The van der Waals surface area contributed by atoms with Crippen molar-refractivity contribution in [3.8, 4) is 0 Å². The molecule has 0 saturated heterocycles. The van der Waals surface area contributed by atoms with E-state index < -0.39 is 7.29 Å². The molecule has 0 fully saturated rings. The molecule has 0 aliphatic rings. The largest absolute Gasteiger partial charge is 0.288 e. The first kappa shape index (κ1) is 16.2. The van der Waals surface area contributed by atoms with Crippen molar-refractivity contribution in [3.05, 3.63) is 103 Å². The second kappa shape index (κ2) is 7.72. The highest BCUT2D eigenvalue weighted by Crippen LogP contribution is 2.44. The molecule has 3 heteroatoms. The van der Waals surface area contributed by atoms with Gasteiger partial charge in [-0.2, -0.15) is 0 Å². The van der Waals surface area contributed by atoms with E-state index in [1.165, 1.54) is 0 Å². The molecule has 0 aliphatic carbocycles. The van der Waals surface area contributed by atoms with Gasteiger partial charge in [-0.25, -0.2) is 4.76 Å². The Morgan fingerprint density at radius 1 is 0.667 bits per heavy atom. The molecule has 3 aromatic carbocycles. The second-order valence-corrected chi connectivity index (χ2v) is 7.70. The average Bonchev–Trinajstić information content (AvgIpc) is 2.67. The minimum absolute atomic E-state index is 0.737. The summed E-state index contributed by atoms with van der Waals surface area (Å²) in [4.78, 5) is 0. The van der Waals surface area contributed by atoms with Gasteiger partial charge in [0.15, 0.2) is 0 Å². The topological polar surface area (TPSA) is 29.4 Å². The van der Waals surface area contributed by atoms with E-state index in [2.05, 4.69) is 4.76 Å². The van der Waals surface area contributed by atoms with Gasteiger partial charge in [-0.05, 0) is 35.9 Å². The summed E-state index contributed by atoms with van der Waals surface area (Å²) in [6, 6.07) is 28.8. The molecule has 2 nitrogen and oxygen atoms in total. The van der Waals surface area contributed by atoms with Crippen LogP contribution in [0.25, 0.3) is 6.08 Å². The summed E-state index contributed by atoms with van der Waals surface area (Å²) in [5.74, 6) is 0. The zero-order valence-corrected chi connectivity index (χ0v) is 14.1.